The Morgan fingerprint density at radius 3 is 2.88 bits per heavy atom. The van der Waals surface area contributed by atoms with Crippen LogP contribution in [0.3, 0.4) is 0 Å². The maximum Gasteiger partial charge on any atom is 0.225 e. The fourth-order valence-corrected chi connectivity index (χ4v) is 1.87. The molecule has 0 aliphatic heterocycles. The molecule has 92 valence electrons. The maximum absolute atomic E-state index is 12.9. The summed E-state index contributed by atoms with van der Waals surface area (Å²) in [6.07, 6.45) is 2.51. The molecule has 0 heterocycles. The number of anilines is 1. The van der Waals surface area contributed by atoms with E-state index < -0.39 is 5.82 Å². The second kappa shape index (κ2) is 5.02. The van der Waals surface area contributed by atoms with Crippen molar-refractivity contribution in [1.82, 2.24) is 0 Å². The second-order valence-electron chi connectivity index (χ2n) is 4.38. The molecule has 1 unspecified atom stereocenters. The number of nitrogens with two attached hydrogens (primary N) is 1. The normalized spacial score (nSPS) is 16.6. The van der Waals surface area contributed by atoms with Gasteiger partial charge in [-0.3, -0.25) is 4.79 Å². The molecule has 3 N–H and O–H groups in total. The summed E-state index contributed by atoms with van der Waals surface area (Å²) < 4.78 is 12.9. The summed E-state index contributed by atoms with van der Waals surface area (Å²) in [5, 5.41) is 2.65. The Kier molecular flexibility index (Phi) is 3.64. The molecular weight excluding hydrogens is 243 g/mol. The largest absolute Gasteiger partial charge is 0.327 e. The first-order chi connectivity index (χ1) is 8.06. The average molecular weight is 257 g/mol. The van der Waals surface area contributed by atoms with E-state index in [2.05, 4.69) is 5.32 Å². The Bertz CT molecular complexity index is 435. The lowest BCUT2D eigenvalue weighted by atomic mass is 10.1. The number of hydrogen-bond acceptors (Lipinski definition) is 2. The van der Waals surface area contributed by atoms with Crippen LogP contribution in [0.25, 0.3) is 0 Å². The standard InChI is InChI=1S/C12H14ClFN2O/c13-9-5-8(3-4-10(9)14)16-12(17)6-11(15)7-1-2-7/h3-5,7,11H,1-2,6,15H2,(H,16,17). The monoisotopic (exact) mass is 256 g/mol. The van der Waals surface area contributed by atoms with Crippen molar-refractivity contribution in [2.45, 2.75) is 25.3 Å². The molecule has 0 aromatic heterocycles. The average Bonchev–Trinajstić information content (AvgIpc) is 3.06. The predicted molar refractivity (Wildman–Crippen MR) is 65.4 cm³/mol. The van der Waals surface area contributed by atoms with Gasteiger partial charge in [-0.15, -0.1) is 0 Å². The first-order valence-electron chi connectivity index (χ1n) is 5.57. The van der Waals surface area contributed by atoms with Gasteiger partial charge in [-0.05, 0) is 37.0 Å². The van der Waals surface area contributed by atoms with Crippen LogP contribution in [0.15, 0.2) is 18.2 Å². The van der Waals surface area contributed by atoms with E-state index in [9.17, 15) is 9.18 Å². The Morgan fingerprint density at radius 1 is 1.59 bits per heavy atom. The highest BCUT2D eigenvalue weighted by Crippen LogP contribution is 2.32. The Morgan fingerprint density at radius 2 is 2.29 bits per heavy atom. The van der Waals surface area contributed by atoms with Gasteiger partial charge < -0.3 is 11.1 Å². The molecule has 1 amide bonds. The number of hydrogen-bond donors (Lipinski definition) is 2. The van der Waals surface area contributed by atoms with Crippen molar-refractivity contribution >= 4 is 23.2 Å². The van der Waals surface area contributed by atoms with E-state index in [4.69, 9.17) is 17.3 Å². The molecule has 0 saturated heterocycles. The SMILES string of the molecule is NC(CC(=O)Nc1ccc(F)c(Cl)c1)C1CC1. The topological polar surface area (TPSA) is 55.1 Å². The van der Waals surface area contributed by atoms with Crippen LogP contribution in [0.4, 0.5) is 10.1 Å². The summed E-state index contributed by atoms with van der Waals surface area (Å²) in [7, 11) is 0. The fourth-order valence-electron chi connectivity index (χ4n) is 1.69. The lowest BCUT2D eigenvalue weighted by molar-refractivity contribution is -0.116. The number of amides is 1. The lowest BCUT2D eigenvalue weighted by Gasteiger charge is -2.10. The van der Waals surface area contributed by atoms with Gasteiger partial charge in [0.25, 0.3) is 0 Å². The van der Waals surface area contributed by atoms with E-state index >= 15 is 0 Å². The minimum Gasteiger partial charge on any atom is -0.327 e. The molecule has 1 aromatic rings. The van der Waals surface area contributed by atoms with Crippen LogP contribution in [0.2, 0.25) is 5.02 Å². The third kappa shape index (κ3) is 3.41. The van der Waals surface area contributed by atoms with Crippen LogP contribution >= 0.6 is 11.6 Å². The Labute approximate surface area is 104 Å². The zero-order chi connectivity index (χ0) is 12.4. The molecule has 1 atom stereocenters. The molecule has 5 heteroatoms. The van der Waals surface area contributed by atoms with Gasteiger partial charge in [0.2, 0.25) is 5.91 Å². The van der Waals surface area contributed by atoms with Crippen molar-refractivity contribution in [3.8, 4) is 0 Å². The van der Waals surface area contributed by atoms with E-state index in [0.29, 0.717) is 18.0 Å². The van der Waals surface area contributed by atoms with Gasteiger partial charge in [-0.25, -0.2) is 4.39 Å². The number of benzene rings is 1. The van der Waals surface area contributed by atoms with E-state index in [1.54, 1.807) is 0 Å². The van der Waals surface area contributed by atoms with Gasteiger partial charge in [0.15, 0.2) is 0 Å². The van der Waals surface area contributed by atoms with Crippen molar-refractivity contribution in [3.63, 3.8) is 0 Å². The minimum atomic E-state index is -0.501. The fraction of sp³-hybridized carbons (Fsp3) is 0.417. The number of halogens is 2. The van der Waals surface area contributed by atoms with Crippen molar-refractivity contribution in [1.29, 1.82) is 0 Å². The highest BCUT2D eigenvalue weighted by molar-refractivity contribution is 6.31. The summed E-state index contributed by atoms with van der Waals surface area (Å²) in [6.45, 7) is 0. The Balaban J connectivity index is 1.90. The molecule has 3 nitrogen and oxygen atoms in total. The molecule has 2 rings (SSSR count). The summed E-state index contributed by atoms with van der Waals surface area (Å²) >= 11 is 5.61. The molecule has 1 fully saturated rings. The minimum absolute atomic E-state index is 0.00529. The number of rotatable bonds is 4. The molecule has 0 radical (unpaired) electrons. The summed E-state index contributed by atoms with van der Waals surface area (Å²) in [4.78, 5) is 11.6. The maximum atomic E-state index is 12.9. The highest BCUT2D eigenvalue weighted by atomic mass is 35.5. The van der Waals surface area contributed by atoms with Crippen molar-refractivity contribution in [2.24, 2.45) is 11.7 Å². The van der Waals surface area contributed by atoms with Crippen LogP contribution in [0.1, 0.15) is 19.3 Å². The quantitative estimate of drug-likeness (QED) is 0.870. The molecule has 17 heavy (non-hydrogen) atoms. The summed E-state index contributed by atoms with van der Waals surface area (Å²) in [5.41, 5.74) is 6.33. The number of nitrogens with one attached hydrogen (secondary N) is 1. The highest BCUT2D eigenvalue weighted by Gasteiger charge is 2.29. The zero-order valence-electron chi connectivity index (χ0n) is 9.25. The van der Waals surface area contributed by atoms with E-state index in [-0.39, 0.29) is 17.0 Å². The first kappa shape index (κ1) is 12.3. The predicted octanol–water partition coefficient (Wildman–Crippen LogP) is 2.55. The zero-order valence-corrected chi connectivity index (χ0v) is 10.0. The van der Waals surface area contributed by atoms with Gasteiger partial charge >= 0.3 is 0 Å². The van der Waals surface area contributed by atoms with E-state index in [0.717, 1.165) is 12.8 Å². The summed E-state index contributed by atoms with van der Waals surface area (Å²) in [6, 6.07) is 4.00. The third-order valence-electron chi connectivity index (χ3n) is 2.85. The van der Waals surface area contributed by atoms with Crippen LogP contribution in [-0.4, -0.2) is 11.9 Å². The van der Waals surface area contributed by atoms with Crippen LogP contribution in [0, 0.1) is 11.7 Å². The van der Waals surface area contributed by atoms with Crippen LogP contribution < -0.4 is 11.1 Å². The molecule has 0 spiro atoms. The molecule has 1 saturated carbocycles. The Hall–Kier alpha value is -1.13. The van der Waals surface area contributed by atoms with Crippen molar-refractivity contribution in [3.05, 3.63) is 29.0 Å². The summed E-state index contributed by atoms with van der Waals surface area (Å²) in [5.74, 6) is -0.177. The van der Waals surface area contributed by atoms with Crippen LogP contribution in [0.5, 0.6) is 0 Å². The molecule has 0 bridgehead atoms. The van der Waals surface area contributed by atoms with Gasteiger partial charge in [0.1, 0.15) is 5.82 Å². The number of carbonyl (C=O) groups is 1. The smallest absolute Gasteiger partial charge is 0.225 e. The molecule has 1 aliphatic rings. The van der Waals surface area contributed by atoms with Crippen molar-refractivity contribution < 1.29 is 9.18 Å². The van der Waals surface area contributed by atoms with Gasteiger partial charge in [0, 0.05) is 18.2 Å². The van der Waals surface area contributed by atoms with E-state index in [1.165, 1.54) is 18.2 Å². The van der Waals surface area contributed by atoms with Crippen molar-refractivity contribution in [2.75, 3.05) is 5.32 Å². The second-order valence-corrected chi connectivity index (χ2v) is 4.79. The van der Waals surface area contributed by atoms with Gasteiger partial charge in [-0.2, -0.15) is 0 Å². The third-order valence-corrected chi connectivity index (χ3v) is 3.14. The van der Waals surface area contributed by atoms with Gasteiger partial charge in [-0.1, -0.05) is 11.6 Å². The molecule has 1 aliphatic carbocycles. The van der Waals surface area contributed by atoms with Gasteiger partial charge in [0.05, 0.1) is 5.02 Å². The number of carbonyl (C=O) groups excluding carboxylic acids is 1. The first-order valence-corrected chi connectivity index (χ1v) is 5.94. The van der Waals surface area contributed by atoms with Crippen LogP contribution in [-0.2, 0) is 4.79 Å². The molecule has 1 aromatic carbocycles. The lowest BCUT2D eigenvalue weighted by Crippen LogP contribution is -2.28. The molecular formula is C12H14ClFN2O. The van der Waals surface area contributed by atoms with E-state index in [1.807, 2.05) is 0 Å².